The predicted molar refractivity (Wildman–Crippen MR) is 130 cm³/mol. The number of hydrogen-bond donors (Lipinski definition) is 2. The Morgan fingerprint density at radius 1 is 0.970 bits per heavy atom. The van der Waals surface area contributed by atoms with Crippen molar-refractivity contribution in [3.63, 3.8) is 0 Å². The van der Waals surface area contributed by atoms with E-state index in [4.69, 9.17) is 21.4 Å². The number of nitrogens with zero attached hydrogens (tertiary/aromatic N) is 1. The largest absolute Gasteiger partial charge is 0.481 e. The molecule has 0 radical (unpaired) electrons. The van der Waals surface area contributed by atoms with Crippen LogP contribution in [-0.2, 0) is 11.2 Å². The maximum Gasteiger partial charge on any atom is 0.307 e. The number of carbonyl (C=O) groups is 2. The Hall–Kier alpha value is -3.51. The zero-order chi connectivity index (χ0) is 23.2. The molecule has 4 rings (SSSR count). The number of anilines is 2. The lowest BCUT2D eigenvalue weighted by Crippen LogP contribution is -2.29. The standard InChI is InChI=1S/C26H25ClN2O4/c27-23-15-18(16-25(30)31)7-12-24(23)33-22-10-8-20(9-11-22)28-26(32)19-5-4-6-21(17-19)29-13-2-1-3-14-29/h4-12,15,17H,1-3,13-14,16H2,(H,28,32)(H,30,31). The minimum Gasteiger partial charge on any atom is -0.481 e. The fourth-order valence-corrected chi connectivity index (χ4v) is 4.09. The number of hydrogen-bond acceptors (Lipinski definition) is 4. The summed E-state index contributed by atoms with van der Waals surface area (Å²) in [5.74, 6) is -0.111. The zero-order valence-corrected chi connectivity index (χ0v) is 18.8. The van der Waals surface area contributed by atoms with Gasteiger partial charge in [-0.15, -0.1) is 0 Å². The quantitative estimate of drug-likeness (QED) is 0.448. The first-order chi connectivity index (χ1) is 16.0. The Kier molecular flexibility index (Phi) is 7.15. The summed E-state index contributed by atoms with van der Waals surface area (Å²) >= 11 is 6.22. The molecule has 1 aliphatic rings. The third kappa shape index (κ3) is 6.05. The number of benzene rings is 3. The fourth-order valence-electron chi connectivity index (χ4n) is 3.84. The third-order valence-electron chi connectivity index (χ3n) is 5.52. The number of ether oxygens (including phenoxy) is 1. The van der Waals surface area contributed by atoms with Crippen LogP contribution in [0.3, 0.4) is 0 Å². The van der Waals surface area contributed by atoms with Crippen LogP contribution >= 0.6 is 11.6 Å². The number of aliphatic carboxylic acids is 1. The number of carbonyl (C=O) groups excluding carboxylic acids is 1. The molecule has 1 fully saturated rings. The summed E-state index contributed by atoms with van der Waals surface area (Å²) in [6.07, 6.45) is 3.53. The summed E-state index contributed by atoms with van der Waals surface area (Å²) in [5, 5.41) is 12.1. The SMILES string of the molecule is O=C(O)Cc1ccc(Oc2ccc(NC(=O)c3cccc(N4CCCCC4)c3)cc2)c(Cl)c1. The third-order valence-corrected chi connectivity index (χ3v) is 5.82. The van der Waals surface area contributed by atoms with E-state index in [0.717, 1.165) is 18.8 Å². The van der Waals surface area contributed by atoms with E-state index in [1.165, 1.54) is 19.3 Å². The highest BCUT2D eigenvalue weighted by Crippen LogP contribution is 2.31. The highest BCUT2D eigenvalue weighted by atomic mass is 35.5. The van der Waals surface area contributed by atoms with Crippen molar-refractivity contribution in [3.8, 4) is 11.5 Å². The number of nitrogens with one attached hydrogen (secondary N) is 1. The predicted octanol–water partition coefficient (Wildman–Crippen LogP) is 6.00. The molecule has 1 aliphatic heterocycles. The normalized spacial score (nSPS) is 13.4. The van der Waals surface area contributed by atoms with Crippen LogP contribution in [0.4, 0.5) is 11.4 Å². The average Bonchev–Trinajstić information content (AvgIpc) is 2.82. The molecular weight excluding hydrogens is 440 g/mol. The van der Waals surface area contributed by atoms with Crippen molar-refractivity contribution in [1.82, 2.24) is 0 Å². The van der Waals surface area contributed by atoms with Gasteiger partial charge in [-0.25, -0.2) is 0 Å². The molecule has 6 nitrogen and oxygen atoms in total. The van der Waals surface area contributed by atoms with Gasteiger partial charge in [0.1, 0.15) is 11.5 Å². The van der Waals surface area contributed by atoms with Crippen molar-refractivity contribution in [1.29, 1.82) is 0 Å². The first-order valence-electron chi connectivity index (χ1n) is 10.9. The van der Waals surface area contributed by atoms with Crippen molar-refractivity contribution >= 4 is 34.9 Å². The van der Waals surface area contributed by atoms with Gasteiger partial charge in [-0.3, -0.25) is 9.59 Å². The van der Waals surface area contributed by atoms with Gasteiger partial charge >= 0.3 is 5.97 Å². The summed E-state index contributed by atoms with van der Waals surface area (Å²) in [6, 6.07) is 19.6. The van der Waals surface area contributed by atoms with Crippen LogP contribution in [0.25, 0.3) is 0 Å². The Labute approximate surface area is 197 Å². The van der Waals surface area contributed by atoms with Crippen molar-refractivity contribution in [3.05, 3.63) is 82.9 Å². The van der Waals surface area contributed by atoms with Crippen LogP contribution in [0, 0.1) is 0 Å². The van der Waals surface area contributed by atoms with Gasteiger partial charge in [0, 0.05) is 30.0 Å². The average molecular weight is 465 g/mol. The van der Waals surface area contributed by atoms with E-state index in [1.807, 2.05) is 24.3 Å². The van der Waals surface area contributed by atoms with Gasteiger partial charge < -0.3 is 20.1 Å². The van der Waals surface area contributed by atoms with E-state index in [-0.39, 0.29) is 12.3 Å². The van der Waals surface area contributed by atoms with Gasteiger partial charge in [-0.05, 0) is 79.4 Å². The van der Waals surface area contributed by atoms with E-state index in [0.29, 0.717) is 33.3 Å². The van der Waals surface area contributed by atoms with E-state index in [9.17, 15) is 9.59 Å². The minimum absolute atomic E-state index is 0.102. The minimum atomic E-state index is -0.921. The summed E-state index contributed by atoms with van der Waals surface area (Å²) in [4.78, 5) is 25.9. The topological polar surface area (TPSA) is 78.9 Å². The maximum atomic E-state index is 12.8. The van der Waals surface area contributed by atoms with Crippen LogP contribution in [0.5, 0.6) is 11.5 Å². The molecule has 0 unspecified atom stereocenters. The maximum absolute atomic E-state index is 12.8. The molecule has 0 saturated carbocycles. The fraction of sp³-hybridized carbons (Fsp3) is 0.231. The van der Waals surface area contributed by atoms with E-state index >= 15 is 0 Å². The molecule has 0 aliphatic carbocycles. The van der Waals surface area contributed by atoms with Crippen molar-refractivity contribution in [2.24, 2.45) is 0 Å². The van der Waals surface area contributed by atoms with Gasteiger partial charge in [0.05, 0.1) is 11.4 Å². The highest BCUT2D eigenvalue weighted by molar-refractivity contribution is 6.32. The second-order valence-electron chi connectivity index (χ2n) is 8.01. The van der Waals surface area contributed by atoms with E-state index in [2.05, 4.69) is 10.2 Å². The molecule has 0 spiro atoms. The lowest BCUT2D eigenvalue weighted by Gasteiger charge is -2.29. The van der Waals surface area contributed by atoms with Gasteiger partial charge in [-0.2, -0.15) is 0 Å². The van der Waals surface area contributed by atoms with E-state index in [1.54, 1.807) is 42.5 Å². The van der Waals surface area contributed by atoms with Crippen molar-refractivity contribution in [2.75, 3.05) is 23.3 Å². The van der Waals surface area contributed by atoms with Crippen LogP contribution in [-0.4, -0.2) is 30.1 Å². The first-order valence-corrected chi connectivity index (χ1v) is 11.3. The summed E-state index contributed by atoms with van der Waals surface area (Å²) < 4.78 is 5.80. The summed E-state index contributed by atoms with van der Waals surface area (Å²) in [7, 11) is 0. The molecule has 1 heterocycles. The van der Waals surface area contributed by atoms with E-state index < -0.39 is 5.97 Å². The second kappa shape index (κ2) is 10.4. The van der Waals surface area contributed by atoms with Gasteiger partial charge in [0.2, 0.25) is 0 Å². The molecule has 0 bridgehead atoms. The van der Waals surface area contributed by atoms with Crippen LogP contribution in [0.2, 0.25) is 5.02 Å². The molecule has 170 valence electrons. The number of halogens is 1. The lowest BCUT2D eigenvalue weighted by molar-refractivity contribution is -0.136. The summed E-state index contributed by atoms with van der Waals surface area (Å²) in [6.45, 7) is 2.05. The monoisotopic (exact) mass is 464 g/mol. The molecule has 33 heavy (non-hydrogen) atoms. The summed E-state index contributed by atoms with van der Waals surface area (Å²) in [5.41, 5.74) is 2.95. The second-order valence-corrected chi connectivity index (χ2v) is 8.42. The Balaban J connectivity index is 1.39. The highest BCUT2D eigenvalue weighted by Gasteiger charge is 2.14. The first kappa shape index (κ1) is 22.7. The number of amides is 1. The van der Waals surface area contributed by atoms with Crippen molar-refractivity contribution < 1.29 is 19.4 Å². The molecular formula is C26H25ClN2O4. The van der Waals surface area contributed by atoms with Gasteiger partial charge in [-0.1, -0.05) is 23.7 Å². The molecule has 3 aromatic carbocycles. The number of rotatable bonds is 7. The number of carboxylic acids is 1. The zero-order valence-electron chi connectivity index (χ0n) is 18.1. The van der Waals surface area contributed by atoms with Crippen LogP contribution < -0.4 is 15.0 Å². The molecule has 2 N–H and O–H groups in total. The number of carboxylic acid groups (broad SMARTS) is 1. The molecule has 7 heteroatoms. The Morgan fingerprint density at radius 3 is 2.42 bits per heavy atom. The number of piperidine rings is 1. The Morgan fingerprint density at radius 2 is 1.73 bits per heavy atom. The smallest absolute Gasteiger partial charge is 0.307 e. The molecule has 0 aromatic heterocycles. The molecule has 0 atom stereocenters. The molecule has 1 amide bonds. The van der Waals surface area contributed by atoms with Crippen molar-refractivity contribution in [2.45, 2.75) is 25.7 Å². The van der Waals surface area contributed by atoms with Gasteiger partial charge in [0.25, 0.3) is 5.91 Å². The van der Waals surface area contributed by atoms with Crippen LogP contribution in [0.1, 0.15) is 35.2 Å². The van der Waals surface area contributed by atoms with Crippen LogP contribution in [0.15, 0.2) is 66.7 Å². The molecule has 3 aromatic rings. The molecule has 1 saturated heterocycles. The lowest BCUT2D eigenvalue weighted by atomic mass is 10.1. The Bertz CT molecular complexity index is 1140. The van der Waals surface area contributed by atoms with Gasteiger partial charge in [0.15, 0.2) is 0 Å².